The Morgan fingerprint density at radius 2 is 1.75 bits per heavy atom. The van der Waals surface area contributed by atoms with E-state index in [2.05, 4.69) is 11.4 Å². The Bertz CT molecular complexity index is 1300. The highest BCUT2D eigenvalue weighted by molar-refractivity contribution is 6.23. The second-order valence-electron chi connectivity index (χ2n) is 9.23. The van der Waals surface area contributed by atoms with E-state index in [1.807, 2.05) is 6.92 Å². The molecule has 5 rings (SSSR count). The highest BCUT2D eigenvalue weighted by Crippen LogP contribution is 2.55. The highest BCUT2D eigenvalue weighted by atomic mass is 19.4. The fourth-order valence-electron chi connectivity index (χ4n) is 5.46. The number of ether oxygens (including phenoxy) is 1. The number of rotatable bonds is 5. The molecule has 1 saturated heterocycles. The molecule has 3 amide bonds. The van der Waals surface area contributed by atoms with Gasteiger partial charge in [0.15, 0.2) is 6.61 Å². The molecule has 2 aromatic carbocycles. The van der Waals surface area contributed by atoms with Crippen LogP contribution in [0.25, 0.3) is 0 Å². The third-order valence-electron chi connectivity index (χ3n) is 7.05. The Morgan fingerprint density at radius 1 is 1.06 bits per heavy atom. The monoisotopic (exact) mass is 498 g/mol. The molecule has 1 N–H and O–H groups in total. The highest BCUT2D eigenvalue weighted by Gasteiger charge is 2.60. The predicted molar refractivity (Wildman–Crippen MR) is 122 cm³/mol. The number of carbonyl (C=O) groups is 4. The number of alkyl halides is 3. The minimum Gasteiger partial charge on any atom is -0.452 e. The van der Waals surface area contributed by atoms with Crippen LogP contribution in [-0.2, 0) is 25.3 Å². The zero-order valence-corrected chi connectivity index (χ0v) is 19.0. The number of hydrogen-bond donors (Lipinski definition) is 1. The lowest BCUT2D eigenvalue weighted by Gasteiger charge is -2.19. The lowest BCUT2D eigenvalue weighted by atomic mass is 9.82. The molecule has 0 unspecified atom stereocenters. The average Bonchev–Trinajstić information content (AvgIpc) is 3.47. The summed E-state index contributed by atoms with van der Waals surface area (Å²) in [5.74, 6) is -2.62. The molecule has 4 atom stereocenters. The van der Waals surface area contributed by atoms with Gasteiger partial charge in [-0.1, -0.05) is 17.7 Å². The fraction of sp³-hybridized carbons (Fsp3) is 0.308. The lowest BCUT2D eigenvalue weighted by Crippen LogP contribution is -2.33. The van der Waals surface area contributed by atoms with Crippen LogP contribution in [0.3, 0.4) is 0 Å². The van der Waals surface area contributed by atoms with E-state index in [1.54, 1.807) is 0 Å². The van der Waals surface area contributed by atoms with Crippen LogP contribution in [0.15, 0.2) is 60.2 Å². The summed E-state index contributed by atoms with van der Waals surface area (Å²) in [6.45, 7) is 1.28. The Kier molecular flexibility index (Phi) is 5.69. The van der Waals surface area contributed by atoms with Crippen molar-refractivity contribution in [3.05, 3.63) is 71.3 Å². The number of fused-ring (bicyclic) bond motifs is 5. The molecule has 2 fully saturated rings. The summed E-state index contributed by atoms with van der Waals surface area (Å²) in [5, 5.41) is 2.25. The van der Waals surface area contributed by atoms with Gasteiger partial charge >= 0.3 is 12.1 Å². The molecule has 7 nitrogen and oxygen atoms in total. The molecule has 0 aromatic heterocycles. The first kappa shape index (κ1) is 23.8. The molecule has 0 spiro atoms. The third kappa shape index (κ3) is 4.06. The lowest BCUT2D eigenvalue weighted by molar-refractivity contribution is -0.137. The Balaban J connectivity index is 1.19. The van der Waals surface area contributed by atoms with Crippen LogP contribution in [0.5, 0.6) is 0 Å². The van der Waals surface area contributed by atoms with Gasteiger partial charge in [-0.2, -0.15) is 13.2 Å². The summed E-state index contributed by atoms with van der Waals surface area (Å²) < 4.78 is 43.4. The van der Waals surface area contributed by atoms with Crippen LogP contribution in [0.2, 0.25) is 0 Å². The largest absolute Gasteiger partial charge is 0.452 e. The minimum atomic E-state index is -4.56. The van der Waals surface area contributed by atoms with Gasteiger partial charge in [-0.25, -0.2) is 4.79 Å². The van der Waals surface area contributed by atoms with Crippen LogP contribution in [-0.4, -0.2) is 30.3 Å². The number of amides is 3. The van der Waals surface area contributed by atoms with Crippen LogP contribution < -0.4 is 10.2 Å². The van der Waals surface area contributed by atoms with Gasteiger partial charge in [0.25, 0.3) is 5.91 Å². The molecule has 1 saturated carbocycles. The van der Waals surface area contributed by atoms with Crippen molar-refractivity contribution in [1.29, 1.82) is 0 Å². The first-order valence-corrected chi connectivity index (χ1v) is 11.3. The molecule has 1 heterocycles. The van der Waals surface area contributed by atoms with Crippen molar-refractivity contribution >= 4 is 35.1 Å². The number of allylic oxidation sites excluding steroid dienone is 2. The third-order valence-corrected chi connectivity index (χ3v) is 7.05. The number of halogens is 3. The van der Waals surface area contributed by atoms with E-state index in [4.69, 9.17) is 4.74 Å². The van der Waals surface area contributed by atoms with Crippen molar-refractivity contribution in [2.24, 2.45) is 23.7 Å². The van der Waals surface area contributed by atoms with E-state index < -0.39 is 30.2 Å². The Hall–Kier alpha value is -3.95. The standard InChI is InChI=1S/C26H21F3N2O5/c1-13-9-15-10-19(13)22-21(15)23(33)31(24(22)34)18-7-5-14(6-8-18)25(35)36-12-20(32)30-17-4-2-3-16(11-17)26(27,28)29/h2-9,11,15,19,21-22H,10,12H2,1H3,(H,30,32)/t15-,19+,21-,22+/m0/s1. The average molecular weight is 498 g/mol. The van der Waals surface area contributed by atoms with E-state index >= 15 is 0 Å². The fourth-order valence-corrected chi connectivity index (χ4v) is 5.46. The van der Waals surface area contributed by atoms with Crippen LogP contribution in [0, 0.1) is 23.7 Å². The number of nitrogens with zero attached hydrogens (tertiary/aromatic N) is 1. The summed E-state index contributed by atoms with van der Waals surface area (Å²) in [5.41, 5.74) is 0.589. The van der Waals surface area contributed by atoms with E-state index in [1.165, 1.54) is 35.2 Å². The Labute approximate surface area is 203 Å². The summed E-state index contributed by atoms with van der Waals surface area (Å²) in [7, 11) is 0. The maximum absolute atomic E-state index is 13.0. The van der Waals surface area contributed by atoms with Crippen molar-refractivity contribution in [1.82, 2.24) is 0 Å². The summed E-state index contributed by atoms with van der Waals surface area (Å²) >= 11 is 0. The molecule has 3 aliphatic rings. The summed E-state index contributed by atoms with van der Waals surface area (Å²) in [6.07, 6.45) is -1.64. The van der Waals surface area contributed by atoms with E-state index in [0.29, 0.717) is 5.69 Å². The molecule has 1 aliphatic heterocycles. The minimum absolute atomic E-state index is 0.0813. The van der Waals surface area contributed by atoms with E-state index in [-0.39, 0.29) is 46.7 Å². The topological polar surface area (TPSA) is 92.8 Å². The number of esters is 1. The van der Waals surface area contributed by atoms with Gasteiger partial charge in [-0.15, -0.1) is 0 Å². The number of anilines is 2. The van der Waals surface area contributed by atoms with Crippen molar-refractivity contribution in [3.63, 3.8) is 0 Å². The first-order chi connectivity index (χ1) is 17.0. The maximum atomic E-state index is 13.0. The smallest absolute Gasteiger partial charge is 0.416 e. The Morgan fingerprint density at radius 3 is 2.44 bits per heavy atom. The molecule has 2 aromatic rings. The van der Waals surface area contributed by atoms with Crippen LogP contribution >= 0.6 is 0 Å². The van der Waals surface area contributed by atoms with E-state index in [9.17, 15) is 32.3 Å². The predicted octanol–water partition coefficient (Wildman–Crippen LogP) is 4.20. The number of carbonyl (C=O) groups excluding carboxylic acids is 4. The van der Waals surface area contributed by atoms with Gasteiger partial charge in [0.05, 0.1) is 28.7 Å². The van der Waals surface area contributed by atoms with E-state index in [0.717, 1.165) is 30.2 Å². The van der Waals surface area contributed by atoms with Crippen molar-refractivity contribution in [2.45, 2.75) is 19.5 Å². The SMILES string of the molecule is CC1=C[C@H]2C[C@H]1[C@H]1C(=O)N(c3ccc(C(=O)OCC(=O)Nc4cccc(C(F)(F)F)c4)cc3)C(=O)[C@H]12. The number of hydrogen-bond acceptors (Lipinski definition) is 5. The van der Waals surface area contributed by atoms with Crippen molar-refractivity contribution < 1.29 is 37.1 Å². The number of benzene rings is 2. The zero-order valence-electron chi connectivity index (χ0n) is 19.0. The van der Waals surface area contributed by atoms with Crippen molar-refractivity contribution in [2.75, 3.05) is 16.8 Å². The normalized spacial score (nSPS) is 24.6. The number of imide groups is 1. The van der Waals surface area contributed by atoms with Gasteiger partial charge in [-0.3, -0.25) is 19.3 Å². The molecule has 0 radical (unpaired) electrons. The van der Waals surface area contributed by atoms with Crippen LogP contribution in [0.1, 0.15) is 29.3 Å². The molecule has 2 bridgehead atoms. The van der Waals surface area contributed by atoms with Crippen molar-refractivity contribution in [3.8, 4) is 0 Å². The summed E-state index contributed by atoms with van der Waals surface area (Å²) in [6, 6.07) is 9.79. The molecule has 2 aliphatic carbocycles. The summed E-state index contributed by atoms with van der Waals surface area (Å²) in [4.78, 5) is 51.6. The quantitative estimate of drug-likeness (QED) is 0.379. The van der Waals surface area contributed by atoms with Gasteiger partial charge in [0, 0.05) is 5.69 Å². The molecule has 36 heavy (non-hydrogen) atoms. The van der Waals surface area contributed by atoms with Gasteiger partial charge < -0.3 is 10.1 Å². The first-order valence-electron chi connectivity index (χ1n) is 11.3. The van der Waals surface area contributed by atoms with Gasteiger partial charge in [0.1, 0.15) is 0 Å². The maximum Gasteiger partial charge on any atom is 0.416 e. The second-order valence-corrected chi connectivity index (χ2v) is 9.23. The molecule has 10 heteroatoms. The van der Waals surface area contributed by atoms with Gasteiger partial charge in [-0.05, 0) is 67.6 Å². The second kappa shape index (κ2) is 8.61. The van der Waals surface area contributed by atoms with Gasteiger partial charge in [0.2, 0.25) is 11.8 Å². The molecule has 186 valence electrons. The molecular weight excluding hydrogens is 477 g/mol. The molecular formula is C26H21F3N2O5. The number of nitrogens with one attached hydrogen (secondary N) is 1. The zero-order chi connectivity index (χ0) is 25.8. The van der Waals surface area contributed by atoms with Crippen LogP contribution in [0.4, 0.5) is 24.5 Å².